The summed E-state index contributed by atoms with van der Waals surface area (Å²) in [5, 5.41) is 23.1. The monoisotopic (exact) mass is 590 g/mol. The molecule has 11 nitrogen and oxygen atoms in total. The van der Waals surface area contributed by atoms with Crippen LogP contribution in [0.15, 0.2) is 6.07 Å². The summed E-state index contributed by atoms with van der Waals surface area (Å²) in [6.07, 6.45) is 0.107. The van der Waals surface area contributed by atoms with Crippen molar-refractivity contribution in [1.29, 1.82) is 0 Å². The van der Waals surface area contributed by atoms with E-state index in [0.29, 0.717) is 17.8 Å². The van der Waals surface area contributed by atoms with Crippen molar-refractivity contribution in [3.63, 3.8) is 0 Å². The largest absolute Gasteiger partial charge is 0.507 e. The van der Waals surface area contributed by atoms with Gasteiger partial charge in [-0.3, -0.25) is 33.8 Å². The van der Waals surface area contributed by atoms with Crippen LogP contribution in [-0.4, -0.2) is 108 Å². The molecule has 1 aliphatic heterocycles. The topological polar surface area (TPSA) is 162 Å². The number of alkyl halides is 2. The predicted octanol–water partition coefficient (Wildman–Crippen LogP) is 0.164. The maximum atomic E-state index is 14.1. The average Bonchev–Trinajstić information content (AvgIpc) is 2.86. The molecule has 4 aliphatic rings. The van der Waals surface area contributed by atoms with Gasteiger partial charge in [0.2, 0.25) is 5.91 Å². The number of phenols is 1. The quantitative estimate of drug-likeness (QED) is 0.403. The number of primary amides is 1. The van der Waals surface area contributed by atoms with Crippen molar-refractivity contribution in [3.8, 4) is 5.75 Å². The van der Waals surface area contributed by atoms with Crippen molar-refractivity contribution in [2.75, 3.05) is 46.2 Å². The number of fused-ring (bicyclic) bond motifs is 3. The number of benzene rings is 1. The van der Waals surface area contributed by atoms with Crippen molar-refractivity contribution in [1.82, 2.24) is 9.80 Å². The summed E-state index contributed by atoms with van der Waals surface area (Å²) in [6.45, 7) is -0.173. The van der Waals surface area contributed by atoms with Crippen LogP contribution in [0, 0.1) is 23.7 Å². The molecule has 2 unspecified atom stereocenters. The van der Waals surface area contributed by atoms with E-state index in [1.807, 2.05) is 0 Å². The summed E-state index contributed by atoms with van der Waals surface area (Å²) >= 11 is 0. The highest BCUT2D eigenvalue weighted by atomic mass is 19.3. The van der Waals surface area contributed by atoms with Crippen molar-refractivity contribution in [2.45, 2.75) is 49.8 Å². The van der Waals surface area contributed by atoms with Crippen LogP contribution >= 0.6 is 0 Å². The lowest BCUT2D eigenvalue weighted by Gasteiger charge is -2.52. The van der Waals surface area contributed by atoms with Gasteiger partial charge in [-0.2, -0.15) is 0 Å². The Balaban J connectivity index is 1.60. The number of carbonyl (C=O) groups excluding carboxylic acids is 5. The van der Waals surface area contributed by atoms with E-state index >= 15 is 0 Å². The van der Waals surface area contributed by atoms with Gasteiger partial charge in [-0.05, 0) is 57.5 Å². The Labute approximate surface area is 241 Å². The molecule has 1 saturated heterocycles. The van der Waals surface area contributed by atoms with E-state index in [4.69, 9.17) is 5.73 Å². The molecule has 1 amide bonds. The first-order valence-electron chi connectivity index (χ1n) is 14.0. The third-order valence-electron chi connectivity index (χ3n) is 9.46. The lowest BCUT2D eigenvalue weighted by Crippen LogP contribution is -2.74. The van der Waals surface area contributed by atoms with E-state index < -0.39 is 82.6 Å². The Hall–Kier alpha value is -3.29. The first-order valence-corrected chi connectivity index (χ1v) is 14.0. The number of nitrogens with zero attached hydrogens (tertiary/aromatic N) is 3. The zero-order valence-corrected chi connectivity index (χ0v) is 24.0. The molecule has 42 heavy (non-hydrogen) atoms. The molecule has 0 bridgehead atoms. The van der Waals surface area contributed by atoms with E-state index in [-0.39, 0.29) is 43.4 Å². The number of piperidine rings is 1. The highest BCUT2D eigenvalue weighted by Crippen LogP contribution is 2.52. The lowest BCUT2D eigenvalue weighted by molar-refractivity contribution is -0.181. The summed E-state index contributed by atoms with van der Waals surface area (Å²) < 4.78 is 28.2. The fourth-order valence-electron chi connectivity index (χ4n) is 7.65. The summed E-state index contributed by atoms with van der Waals surface area (Å²) in [5.74, 6) is -14.2. The van der Waals surface area contributed by atoms with Crippen molar-refractivity contribution >= 4 is 34.7 Å². The number of anilines is 1. The summed E-state index contributed by atoms with van der Waals surface area (Å²) in [6, 6.07) is 0.474. The molecule has 0 radical (unpaired) electrons. The molecule has 1 aromatic rings. The first-order chi connectivity index (χ1) is 19.5. The summed E-state index contributed by atoms with van der Waals surface area (Å²) in [4.78, 5) is 71.6. The second-order valence-corrected chi connectivity index (χ2v) is 12.6. The third kappa shape index (κ3) is 4.44. The maximum absolute atomic E-state index is 14.1. The van der Waals surface area contributed by atoms with E-state index in [0.717, 1.165) is 0 Å². The second-order valence-electron chi connectivity index (χ2n) is 12.6. The molecular weight excluding hydrogens is 554 g/mol. The number of aliphatic hydroxyl groups is 1. The van der Waals surface area contributed by atoms with Crippen molar-refractivity contribution < 1.29 is 43.0 Å². The van der Waals surface area contributed by atoms with Gasteiger partial charge in [0.15, 0.2) is 34.7 Å². The zero-order valence-electron chi connectivity index (χ0n) is 24.0. The molecule has 228 valence electrons. The van der Waals surface area contributed by atoms with Crippen LogP contribution in [-0.2, 0) is 32.1 Å². The average molecular weight is 591 g/mol. The Kier molecular flexibility index (Phi) is 7.30. The maximum Gasteiger partial charge on any atom is 0.260 e. The number of halogens is 2. The van der Waals surface area contributed by atoms with Crippen LogP contribution in [0.4, 0.5) is 14.5 Å². The van der Waals surface area contributed by atoms with Gasteiger partial charge in [0.25, 0.3) is 5.92 Å². The molecule has 3 fully saturated rings. The molecule has 0 spiro atoms. The number of carbonyl (C=O) groups is 5. The molecule has 13 heteroatoms. The van der Waals surface area contributed by atoms with Crippen LogP contribution in [0.3, 0.4) is 0 Å². The predicted molar refractivity (Wildman–Crippen MR) is 145 cm³/mol. The number of aromatic hydroxyl groups is 1. The minimum atomic E-state index is -2.88. The fraction of sp³-hybridized carbons (Fsp3) is 0.621. The highest BCUT2D eigenvalue weighted by molar-refractivity contribution is 6.32. The number of rotatable bonds is 5. The minimum absolute atomic E-state index is 0.0533. The number of Topliss-reactive ketones (excluding diaryl/α,β-unsaturated/α-hetero) is 4. The Bertz CT molecular complexity index is 1400. The summed E-state index contributed by atoms with van der Waals surface area (Å²) in [5.41, 5.74) is 3.66. The number of amides is 1. The molecule has 3 aliphatic carbocycles. The minimum Gasteiger partial charge on any atom is -0.507 e. The van der Waals surface area contributed by atoms with Crippen LogP contribution < -0.4 is 10.6 Å². The SMILES string of the molecule is CN(C)c1cc(CN2CCCC(F)(F)C2)c(O)c2c1C[C@H]1C[C@H]3[C@H](N(C)C)C(=O)C(C(N)=O)C(=O)[C@@]3(O)C(=O)C1C2=O. The first kappa shape index (κ1) is 30.2. The van der Waals surface area contributed by atoms with Crippen LogP contribution in [0.25, 0.3) is 0 Å². The molecule has 5 rings (SSSR count). The second kappa shape index (κ2) is 10.2. The molecular formula is C29H36F2N4O7. The Morgan fingerprint density at radius 2 is 1.81 bits per heavy atom. The number of likely N-dealkylation sites (N-methyl/N-ethyl adjacent to an activating group) is 1. The van der Waals surface area contributed by atoms with Crippen LogP contribution in [0.2, 0.25) is 0 Å². The number of hydrogen-bond donors (Lipinski definition) is 3. The Morgan fingerprint density at radius 1 is 1.14 bits per heavy atom. The molecule has 0 aromatic heterocycles. The van der Waals surface area contributed by atoms with Gasteiger partial charge in [-0.25, -0.2) is 8.78 Å². The number of hydrogen-bond acceptors (Lipinski definition) is 10. The van der Waals surface area contributed by atoms with Gasteiger partial charge >= 0.3 is 0 Å². The van der Waals surface area contributed by atoms with Gasteiger partial charge in [-0.1, -0.05) is 0 Å². The highest BCUT2D eigenvalue weighted by Gasteiger charge is 2.69. The molecule has 2 saturated carbocycles. The molecule has 4 N–H and O–H groups in total. The fourth-order valence-corrected chi connectivity index (χ4v) is 7.65. The van der Waals surface area contributed by atoms with Gasteiger partial charge < -0.3 is 20.8 Å². The molecule has 1 heterocycles. The Morgan fingerprint density at radius 3 is 2.38 bits per heavy atom. The number of likely N-dealkylation sites (tertiary alicyclic amines) is 1. The zero-order chi connectivity index (χ0) is 31.0. The number of phenolic OH excluding ortho intramolecular Hbond substituents is 1. The van der Waals surface area contributed by atoms with Gasteiger partial charge in [0, 0.05) is 44.2 Å². The van der Waals surface area contributed by atoms with Crippen LogP contribution in [0.5, 0.6) is 5.75 Å². The smallest absolute Gasteiger partial charge is 0.260 e. The van der Waals surface area contributed by atoms with E-state index in [1.54, 1.807) is 25.1 Å². The van der Waals surface area contributed by atoms with Gasteiger partial charge in [0.1, 0.15) is 5.75 Å². The van der Waals surface area contributed by atoms with Crippen LogP contribution in [0.1, 0.15) is 40.7 Å². The van der Waals surface area contributed by atoms with E-state index in [1.165, 1.54) is 23.9 Å². The van der Waals surface area contributed by atoms with Crippen molar-refractivity contribution in [2.24, 2.45) is 29.4 Å². The molecule has 6 atom stereocenters. The van der Waals surface area contributed by atoms with Gasteiger partial charge in [0.05, 0.1) is 24.1 Å². The third-order valence-corrected chi connectivity index (χ3v) is 9.46. The van der Waals surface area contributed by atoms with E-state index in [2.05, 4.69) is 0 Å². The normalized spacial score (nSPS) is 32.8. The van der Waals surface area contributed by atoms with Gasteiger partial charge in [-0.15, -0.1) is 0 Å². The molecule has 1 aromatic carbocycles. The standard InChI is InChI=1S/C29H36F2N4O7/c1-33(2)17-10-14(11-35-7-5-6-28(30,31)12-35)22(36)19-15(17)8-13-9-16-21(34(3)4)24(38)20(27(32)41)26(40)29(16,42)25(39)18(13)23(19)37/h10,13,16,18,20-21,36,42H,5-9,11-12H2,1-4H3,(H2,32,41)/t13-,16-,18?,20?,21-,29-/m0/s1. The lowest BCUT2D eigenvalue weighted by atomic mass is 9.52. The van der Waals surface area contributed by atoms with Crippen molar-refractivity contribution in [3.05, 3.63) is 22.8 Å². The number of ketones is 4. The van der Waals surface area contributed by atoms with E-state index in [9.17, 15) is 43.0 Å². The summed E-state index contributed by atoms with van der Waals surface area (Å²) in [7, 11) is 6.52. The number of nitrogens with two attached hydrogens (primary N) is 1.